The van der Waals surface area contributed by atoms with Gasteiger partial charge in [-0.1, -0.05) is 18.6 Å². The molecule has 0 bridgehead atoms. The highest BCUT2D eigenvalue weighted by molar-refractivity contribution is 7.89. The SMILES string of the molecule is COc1ccc(OC)c(S(=O)(=O)N2CCCCC(c3ccc(F)cc3)C2)c1. The van der Waals surface area contributed by atoms with Gasteiger partial charge in [0.1, 0.15) is 22.2 Å². The van der Waals surface area contributed by atoms with Gasteiger partial charge in [-0.15, -0.1) is 0 Å². The summed E-state index contributed by atoms with van der Waals surface area (Å²) >= 11 is 0. The molecule has 0 saturated carbocycles. The highest BCUT2D eigenvalue weighted by atomic mass is 32.2. The molecule has 27 heavy (non-hydrogen) atoms. The molecule has 0 spiro atoms. The van der Waals surface area contributed by atoms with Crippen molar-refractivity contribution in [2.45, 2.75) is 30.1 Å². The highest BCUT2D eigenvalue weighted by Gasteiger charge is 2.32. The average Bonchev–Trinajstić information content (AvgIpc) is 2.95. The fraction of sp³-hybridized carbons (Fsp3) is 0.400. The second kappa shape index (κ2) is 8.27. The van der Waals surface area contributed by atoms with Crippen LogP contribution in [0.5, 0.6) is 11.5 Å². The van der Waals surface area contributed by atoms with Crippen LogP contribution in [0.3, 0.4) is 0 Å². The maximum absolute atomic E-state index is 13.3. The van der Waals surface area contributed by atoms with Crippen LogP contribution in [-0.4, -0.2) is 40.0 Å². The molecular formula is C20H24FNO4S. The summed E-state index contributed by atoms with van der Waals surface area (Å²) in [6.07, 6.45) is 2.57. The van der Waals surface area contributed by atoms with Crippen LogP contribution in [0, 0.1) is 5.82 Å². The molecule has 1 aliphatic heterocycles. The van der Waals surface area contributed by atoms with Crippen molar-refractivity contribution in [1.82, 2.24) is 4.31 Å². The zero-order valence-corrected chi connectivity index (χ0v) is 16.3. The third kappa shape index (κ3) is 4.25. The van der Waals surface area contributed by atoms with E-state index in [0.717, 1.165) is 24.8 Å². The summed E-state index contributed by atoms with van der Waals surface area (Å²) in [7, 11) is -0.812. The number of hydrogen-bond acceptors (Lipinski definition) is 4. The number of sulfonamides is 1. The normalized spacial score (nSPS) is 18.7. The van der Waals surface area contributed by atoms with E-state index in [1.54, 1.807) is 24.3 Å². The number of methoxy groups -OCH3 is 2. The highest BCUT2D eigenvalue weighted by Crippen LogP contribution is 2.34. The van der Waals surface area contributed by atoms with Gasteiger partial charge in [0.05, 0.1) is 14.2 Å². The average molecular weight is 393 g/mol. The minimum absolute atomic E-state index is 0.0273. The van der Waals surface area contributed by atoms with E-state index >= 15 is 0 Å². The maximum atomic E-state index is 13.3. The molecule has 1 aliphatic rings. The van der Waals surface area contributed by atoms with Crippen molar-refractivity contribution >= 4 is 10.0 Å². The number of rotatable bonds is 5. The molecule has 0 aliphatic carbocycles. The van der Waals surface area contributed by atoms with E-state index in [1.165, 1.54) is 36.7 Å². The lowest BCUT2D eigenvalue weighted by Crippen LogP contribution is -2.34. The first-order valence-corrected chi connectivity index (χ1v) is 10.4. The van der Waals surface area contributed by atoms with Crippen molar-refractivity contribution in [3.63, 3.8) is 0 Å². The maximum Gasteiger partial charge on any atom is 0.246 e. The Morgan fingerprint density at radius 2 is 1.78 bits per heavy atom. The van der Waals surface area contributed by atoms with Gasteiger partial charge in [-0.2, -0.15) is 4.31 Å². The van der Waals surface area contributed by atoms with E-state index in [-0.39, 0.29) is 16.6 Å². The fourth-order valence-corrected chi connectivity index (χ4v) is 5.15. The van der Waals surface area contributed by atoms with Crippen LogP contribution in [-0.2, 0) is 10.0 Å². The molecule has 7 heteroatoms. The summed E-state index contributed by atoms with van der Waals surface area (Å²) in [5, 5.41) is 0. The minimum atomic E-state index is -3.76. The van der Waals surface area contributed by atoms with Crippen molar-refractivity contribution in [1.29, 1.82) is 0 Å². The molecule has 0 amide bonds. The van der Waals surface area contributed by atoms with Crippen molar-refractivity contribution in [2.24, 2.45) is 0 Å². The number of ether oxygens (including phenoxy) is 2. The van der Waals surface area contributed by atoms with E-state index in [4.69, 9.17) is 9.47 Å². The van der Waals surface area contributed by atoms with Crippen molar-refractivity contribution in [2.75, 3.05) is 27.3 Å². The Morgan fingerprint density at radius 3 is 2.44 bits per heavy atom. The largest absolute Gasteiger partial charge is 0.497 e. The predicted molar refractivity (Wildman–Crippen MR) is 101 cm³/mol. The number of nitrogens with zero attached hydrogens (tertiary/aromatic N) is 1. The lowest BCUT2D eigenvalue weighted by atomic mass is 9.95. The topological polar surface area (TPSA) is 55.8 Å². The van der Waals surface area contributed by atoms with Crippen LogP contribution < -0.4 is 9.47 Å². The molecule has 1 atom stereocenters. The van der Waals surface area contributed by atoms with E-state index in [0.29, 0.717) is 24.6 Å². The van der Waals surface area contributed by atoms with Crippen LogP contribution in [0.25, 0.3) is 0 Å². The number of benzene rings is 2. The molecular weight excluding hydrogens is 369 g/mol. The van der Waals surface area contributed by atoms with Gasteiger partial charge in [-0.25, -0.2) is 12.8 Å². The molecule has 0 aromatic heterocycles. The van der Waals surface area contributed by atoms with Gasteiger partial charge in [-0.05, 0) is 48.6 Å². The monoisotopic (exact) mass is 393 g/mol. The molecule has 1 saturated heterocycles. The lowest BCUT2D eigenvalue weighted by molar-refractivity contribution is 0.380. The molecule has 2 aromatic rings. The first-order chi connectivity index (χ1) is 13.0. The molecule has 146 valence electrons. The Labute approximate surface area is 159 Å². The lowest BCUT2D eigenvalue weighted by Gasteiger charge is -2.25. The predicted octanol–water partition coefficient (Wildman–Crippen LogP) is 3.80. The summed E-state index contributed by atoms with van der Waals surface area (Å²) in [5.74, 6) is 0.482. The number of halogens is 1. The van der Waals surface area contributed by atoms with Crippen LogP contribution in [0.4, 0.5) is 4.39 Å². The van der Waals surface area contributed by atoms with Crippen LogP contribution in [0.2, 0.25) is 0 Å². The Kier molecular flexibility index (Phi) is 6.01. The Bertz CT molecular complexity index is 883. The Morgan fingerprint density at radius 1 is 1.04 bits per heavy atom. The molecule has 5 nitrogen and oxygen atoms in total. The summed E-state index contributed by atoms with van der Waals surface area (Å²) < 4.78 is 51.9. The summed E-state index contributed by atoms with van der Waals surface area (Å²) in [6, 6.07) is 11.1. The second-order valence-corrected chi connectivity index (χ2v) is 8.53. The van der Waals surface area contributed by atoms with Gasteiger partial charge < -0.3 is 9.47 Å². The van der Waals surface area contributed by atoms with Crippen molar-refractivity contribution < 1.29 is 22.3 Å². The second-order valence-electron chi connectivity index (χ2n) is 6.62. The number of hydrogen-bond donors (Lipinski definition) is 0. The van der Waals surface area contributed by atoms with Crippen LogP contribution in [0.1, 0.15) is 30.7 Å². The zero-order chi connectivity index (χ0) is 19.4. The summed E-state index contributed by atoms with van der Waals surface area (Å²) in [4.78, 5) is 0.101. The van der Waals surface area contributed by atoms with Crippen LogP contribution >= 0.6 is 0 Å². The first kappa shape index (κ1) is 19.6. The molecule has 1 heterocycles. The van der Waals surface area contributed by atoms with Gasteiger partial charge in [0, 0.05) is 19.2 Å². The van der Waals surface area contributed by atoms with Gasteiger partial charge in [-0.3, -0.25) is 0 Å². The molecule has 3 rings (SSSR count). The quantitative estimate of drug-likeness (QED) is 0.775. The molecule has 0 N–H and O–H groups in total. The molecule has 0 radical (unpaired) electrons. The zero-order valence-electron chi connectivity index (χ0n) is 15.5. The van der Waals surface area contributed by atoms with Crippen LogP contribution in [0.15, 0.2) is 47.4 Å². The Balaban J connectivity index is 1.94. The summed E-state index contributed by atoms with van der Waals surface area (Å²) in [5.41, 5.74) is 0.955. The third-order valence-electron chi connectivity index (χ3n) is 4.96. The Hall–Kier alpha value is -2.12. The van der Waals surface area contributed by atoms with E-state index < -0.39 is 10.0 Å². The van der Waals surface area contributed by atoms with Gasteiger partial charge in [0.25, 0.3) is 0 Å². The van der Waals surface area contributed by atoms with Gasteiger partial charge >= 0.3 is 0 Å². The van der Waals surface area contributed by atoms with E-state index in [9.17, 15) is 12.8 Å². The van der Waals surface area contributed by atoms with E-state index in [1.807, 2.05) is 0 Å². The van der Waals surface area contributed by atoms with Gasteiger partial charge in [0.15, 0.2) is 0 Å². The van der Waals surface area contributed by atoms with Gasteiger partial charge in [0.2, 0.25) is 10.0 Å². The first-order valence-electron chi connectivity index (χ1n) is 8.93. The minimum Gasteiger partial charge on any atom is -0.497 e. The standard InChI is InChI=1S/C20H24FNO4S/c1-25-18-10-11-19(26-2)20(13-18)27(23,24)22-12-4-3-5-16(14-22)15-6-8-17(21)9-7-15/h6-11,13,16H,3-5,12,14H2,1-2H3. The molecule has 1 fully saturated rings. The fourth-order valence-electron chi connectivity index (χ4n) is 3.46. The molecule has 1 unspecified atom stereocenters. The summed E-state index contributed by atoms with van der Waals surface area (Å²) in [6.45, 7) is 0.800. The van der Waals surface area contributed by atoms with Crippen molar-refractivity contribution in [3.05, 3.63) is 53.8 Å². The van der Waals surface area contributed by atoms with Crippen molar-refractivity contribution in [3.8, 4) is 11.5 Å². The van der Waals surface area contributed by atoms with E-state index in [2.05, 4.69) is 0 Å². The third-order valence-corrected chi connectivity index (χ3v) is 6.85. The molecule has 2 aromatic carbocycles. The smallest absolute Gasteiger partial charge is 0.246 e.